The number of imidazole rings is 1. The maximum Gasteiger partial charge on any atom is 0.337 e. The molecule has 31 heavy (non-hydrogen) atoms. The largest absolute Gasteiger partial charge is 0.468 e. The average molecular weight is 438 g/mol. The second-order valence-corrected chi connectivity index (χ2v) is 7.62. The van der Waals surface area contributed by atoms with Gasteiger partial charge in [-0.15, -0.1) is 0 Å². The van der Waals surface area contributed by atoms with Gasteiger partial charge in [-0.2, -0.15) is 4.99 Å². The molecule has 9 nitrogen and oxygen atoms in total. The van der Waals surface area contributed by atoms with Crippen LogP contribution in [0.4, 0.5) is 0 Å². The molecule has 158 valence electrons. The Morgan fingerprint density at radius 1 is 1.13 bits per heavy atom. The van der Waals surface area contributed by atoms with E-state index in [0.717, 1.165) is 0 Å². The Balaban J connectivity index is 1.89. The minimum absolute atomic E-state index is 0.133. The molecule has 0 saturated carbocycles. The van der Waals surface area contributed by atoms with E-state index in [2.05, 4.69) is 9.98 Å². The molecule has 3 heterocycles. The van der Waals surface area contributed by atoms with E-state index in [1.165, 1.54) is 25.6 Å². The van der Waals surface area contributed by atoms with Gasteiger partial charge in [-0.3, -0.25) is 14.0 Å². The van der Waals surface area contributed by atoms with Crippen LogP contribution in [0.5, 0.6) is 0 Å². The third kappa shape index (κ3) is 3.73. The van der Waals surface area contributed by atoms with Gasteiger partial charge in [0.1, 0.15) is 17.9 Å². The lowest BCUT2D eigenvalue weighted by atomic mass is 10.2. The first kappa shape index (κ1) is 20.5. The van der Waals surface area contributed by atoms with Crippen LogP contribution in [-0.2, 0) is 20.8 Å². The first-order valence-electron chi connectivity index (χ1n) is 9.24. The summed E-state index contributed by atoms with van der Waals surface area (Å²) >= 11 is 1.19. The molecule has 0 aliphatic carbocycles. The number of esters is 2. The van der Waals surface area contributed by atoms with Gasteiger partial charge in [0, 0.05) is 6.20 Å². The van der Waals surface area contributed by atoms with Gasteiger partial charge in [-0.1, -0.05) is 17.4 Å². The van der Waals surface area contributed by atoms with Crippen molar-refractivity contribution in [2.75, 3.05) is 14.2 Å². The van der Waals surface area contributed by atoms with Crippen LogP contribution in [0.1, 0.15) is 26.5 Å². The number of rotatable bonds is 4. The van der Waals surface area contributed by atoms with Gasteiger partial charge in [0.2, 0.25) is 0 Å². The van der Waals surface area contributed by atoms with Crippen molar-refractivity contribution in [3.63, 3.8) is 0 Å². The van der Waals surface area contributed by atoms with Gasteiger partial charge in [-0.25, -0.2) is 9.78 Å². The van der Waals surface area contributed by atoms with Crippen LogP contribution >= 0.6 is 11.3 Å². The minimum atomic E-state index is -0.491. The summed E-state index contributed by atoms with van der Waals surface area (Å²) in [6.07, 6.45) is 1.74. The Morgan fingerprint density at radius 2 is 1.94 bits per heavy atom. The molecular formula is C21H18N4O5S. The molecule has 0 aliphatic rings. The van der Waals surface area contributed by atoms with E-state index in [1.807, 2.05) is 6.07 Å². The highest BCUT2D eigenvalue weighted by molar-refractivity contribution is 7.16. The lowest BCUT2D eigenvalue weighted by Gasteiger charge is -2.04. The molecule has 0 bridgehead atoms. The zero-order chi connectivity index (χ0) is 22.1. The summed E-state index contributed by atoms with van der Waals surface area (Å²) in [5.74, 6) is -1.46. The third-order valence-electron chi connectivity index (χ3n) is 4.72. The summed E-state index contributed by atoms with van der Waals surface area (Å²) in [6, 6.07) is 10.4. The SMILES string of the molecule is COC(=O)Cn1c(=NC(=O)c2c(C)nc3ccccn23)sc2cc(C(=O)OC)ccc21. The fourth-order valence-corrected chi connectivity index (χ4v) is 4.33. The molecule has 4 aromatic rings. The van der Waals surface area contributed by atoms with Gasteiger partial charge < -0.3 is 14.0 Å². The van der Waals surface area contributed by atoms with Crippen molar-refractivity contribution < 1.29 is 23.9 Å². The van der Waals surface area contributed by atoms with E-state index in [1.54, 1.807) is 52.4 Å². The second kappa shape index (κ2) is 8.15. The maximum absolute atomic E-state index is 13.1. The molecule has 0 fully saturated rings. The molecule has 4 rings (SSSR count). The van der Waals surface area contributed by atoms with Crippen molar-refractivity contribution in [1.29, 1.82) is 0 Å². The lowest BCUT2D eigenvalue weighted by Crippen LogP contribution is -2.22. The summed E-state index contributed by atoms with van der Waals surface area (Å²) in [5.41, 5.74) is 2.53. The monoisotopic (exact) mass is 438 g/mol. The number of nitrogens with zero attached hydrogens (tertiary/aromatic N) is 4. The highest BCUT2D eigenvalue weighted by Crippen LogP contribution is 2.20. The van der Waals surface area contributed by atoms with Crippen LogP contribution in [0.25, 0.3) is 15.9 Å². The number of carbonyl (C=O) groups is 3. The quantitative estimate of drug-likeness (QED) is 0.453. The number of hydrogen-bond acceptors (Lipinski definition) is 7. The molecule has 0 N–H and O–H groups in total. The second-order valence-electron chi connectivity index (χ2n) is 6.61. The Morgan fingerprint density at radius 3 is 2.68 bits per heavy atom. The number of hydrogen-bond donors (Lipinski definition) is 0. The highest BCUT2D eigenvalue weighted by atomic mass is 32.1. The standard InChI is InChI=1S/C21H18N4O5S/c1-12-18(24-9-5-4-6-16(24)22-12)19(27)23-21-25(11-17(26)29-2)14-8-7-13(20(28)30-3)10-15(14)31-21/h4-10H,11H2,1-3H3. The number of carbonyl (C=O) groups excluding carboxylic acids is 3. The molecule has 3 aromatic heterocycles. The normalized spacial score (nSPS) is 11.8. The first-order chi connectivity index (χ1) is 14.9. The lowest BCUT2D eigenvalue weighted by molar-refractivity contribution is -0.141. The Bertz CT molecular complexity index is 1410. The van der Waals surface area contributed by atoms with E-state index in [9.17, 15) is 14.4 Å². The van der Waals surface area contributed by atoms with Crippen LogP contribution in [0.3, 0.4) is 0 Å². The molecule has 0 atom stereocenters. The number of amides is 1. The molecule has 0 saturated heterocycles. The topological polar surface area (TPSA) is 104 Å². The molecule has 0 aliphatic heterocycles. The maximum atomic E-state index is 13.1. The van der Waals surface area contributed by atoms with E-state index >= 15 is 0 Å². The Kier molecular flexibility index (Phi) is 5.38. The predicted molar refractivity (Wildman–Crippen MR) is 113 cm³/mol. The Hall–Kier alpha value is -3.79. The molecule has 1 amide bonds. The van der Waals surface area contributed by atoms with E-state index < -0.39 is 17.8 Å². The van der Waals surface area contributed by atoms with E-state index in [4.69, 9.17) is 9.47 Å². The molecule has 0 unspecified atom stereocenters. The molecule has 10 heteroatoms. The summed E-state index contributed by atoms with van der Waals surface area (Å²) in [5, 5.41) is 0. The summed E-state index contributed by atoms with van der Waals surface area (Å²) in [4.78, 5) is 45.9. The van der Waals surface area contributed by atoms with Gasteiger partial charge in [0.05, 0.1) is 35.7 Å². The summed E-state index contributed by atoms with van der Waals surface area (Å²) in [7, 11) is 2.59. The number of benzene rings is 1. The number of ether oxygens (including phenoxy) is 2. The molecular weight excluding hydrogens is 420 g/mol. The zero-order valence-corrected chi connectivity index (χ0v) is 17.8. The van der Waals surface area contributed by atoms with Crippen LogP contribution in [0, 0.1) is 6.92 Å². The number of thiazole rings is 1. The number of fused-ring (bicyclic) bond motifs is 2. The van der Waals surface area contributed by atoms with Crippen molar-refractivity contribution in [1.82, 2.24) is 14.0 Å². The van der Waals surface area contributed by atoms with Crippen molar-refractivity contribution in [2.45, 2.75) is 13.5 Å². The molecule has 0 radical (unpaired) electrons. The van der Waals surface area contributed by atoms with E-state index in [-0.39, 0.29) is 6.54 Å². The first-order valence-corrected chi connectivity index (χ1v) is 10.1. The zero-order valence-electron chi connectivity index (χ0n) is 17.0. The van der Waals surface area contributed by atoms with Crippen LogP contribution in [0.2, 0.25) is 0 Å². The van der Waals surface area contributed by atoms with Gasteiger partial charge in [0.25, 0.3) is 5.91 Å². The van der Waals surface area contributed by atoms with Crippen LogP contribution < -0.4 is 4.80 Å². The smallest absolute Gasteiger partial charge is 0.337 e. The fraction of sp³-hybridized carbons (Fsp3) is 0.190. The van der Waals surface area contributed by atoms with Crippen molar-refractivity contribution in [2.24, 2.45) is 4.99 Å². The average Bonchev–Trinajstić information content (AvgIpc) is 3.28. The van der Waals surface area contributed by atoms with E-state index in [0.29, 0.717) is 37.6 Å². The Labute approximate surface area is 180 Å². The van der Waals surface area contributed by atoms with Gasteiger partial charge in [-0.05, 0) is 37.3 Å². The summed E-state index contributed by atoms with van der Waals surface area (Å²) < 4.78 is 13.5. The number of pyridine rings is 1. The number of aryl methyl sites for hydroxylation is 1. The van der Waals surface area contributed by atoms with Crippen LogP contribution in [-0.4, -0.2) is 46.0 Å². The molecule has 0 spiro atoms. The minimum Gasteiger partial charge on any atom is -0.468 e. The molecule has 1 aromatic carbocycles. The fourth-order valence-electron chi connectivity index (χ4n) is 3.26. The summed E-state index contributed by atoms with van der Waals surface area (Å²) in [6.45, 7) is 1.61. The number of methoxy groups -OCH3 is 2. The third-order valence-corrected chi connectivity index (χ3v) is 5.76. The van der Waals surface area contributed by atoms with Crippen LogP contribution in [0.15, 0.2) is 47.6 Å². The highest BCUT2D eigenvalue weighted by Gasteiger charge is 2.18. The van der Waals surface area contributed by atoms with Crippen molar-refractivity contribution in [3.8, 4) is 0 Å². The van der Waals surface area contributed by atoms with Crippen molar-refractivity contribution >= 4 is 45.0 Å². The van der Waals surface area contributed by atoms with Crippen molar-refractivity contribution in [3.05, 3.63) is 64.3 Å². The number of aromatic nitrogens is 3. The van der Waals surface area contributed by atoms with Gasteiger partial charge >= 0.3 is 11.9 Å². The van der Waals surface area contributed by atoms with Gasteiger partial charge in [0.15, 0.2) is 4.80 Å². The predicted octanol–water partition coefficient (Wildman–Crippen LogP) is 2.36.